The summed E-state index contributed by atoms with van der Waals surface area (Å²) in [6.45, 7) is 19.8. The molecule has 0 bridgehead atoms. The monoisotopic (exact) mass is 343 g/mol. The Balaban J connectivity index is 3.33. The van der Waals surface area contributed by atoms with Crippen molar-refractivity contribution in [1.82, 2.24) is 15.0 Å². The first-order valence-corrected chi connectivity index (χ1v) is 9.62. The van der Waals surface area contributed by atoms with Crippen LogP contribution in [-0.4, -0.2) is 15.0 Å². The van der Waals surface area contributed by atoms with Crippen molar-refractivity contribution in [3.8, 4) is 0 Å². The van der Waals surface area contributed by atoms with E-state index < -0.39 is 0 Å². The van der Waals surface area contributed by atoms with Gasteiger partial charge in [-0.2, -0.15) is 0 Å². The van der Waals surface area contributed by atoms with Gasteiger partial charge in [-0.1, -0.05) is 66.7 Å². The standard InChI is InChI=1S/C22H37N3/c1-10-22(11-2,16(3)4)15-13-19(12-14-21(7,8)9)20-24-17(5)23-18(6)25-20/h12-14,16H,10-11,15H2,1-9H3/b14-12-,19-13+. The first-order chi connectivity index (χ1) is 11.5. The summed E-state index contributed by atoms with van der Waals surface area (Å²) in [5.41, 5.74) is 1.56. The number of hydrogen-bond donors (Lipinski definition) is 0. The molecule has 0 N–H and O–H groups in total. The maximum Gasteiger partial charge on any atom is 0.162 e. The fourth-order valence-electron chi connectivity index (χ4n) is 3.22. The van der Waals surface area contributed by atoms with Crippen molar-refractivity contribution in [2.45, 2.75) is 81.6 Å². The lowest BCUT2D eigenvalue weighted by atomic mass is 9.70. The van der Waals surface area contributed by atoms with E-state index in [1.54, 1.807) is 0 Å². The zero-order valence-electron chi connectivity index (χ0n) is 17.8. The van der Waals surface area contributed by atoms with Crippen molar-refractivity contribution in [2.75, 3.05) is 0 Å². The largest absolute Gasteiger partial charge is 0.219 e. The molecule has 0 saturated heterocycles. The van der Waals surface area contributed by atoms with Crippen molar-refractivity contribution in [1.29, 1.82) is 0 Å². The first-order valence-electron chi connectivity index (χ1n) is 9.62. The minimum absolute atomic E-state index is 0.126. The molecule has 1 aromatic rings. The molecule has 0 aliphatic carbocycles. The number of aromatic nitrogens is 3. The van der Waals surface area contributed by atoms with Gasteiger partial charge in [0.25, 0.3) is 0 Å². The molecule has 0 atom stereocenters. The number of hydrogen-bond acceptors (Lipinski definition) is 3. The molecule has 0 aromatic carbocycles. The van der Waals surface area contributed by atoms with Crippen LogP contribution in [-0.2, 0) is 0 Å². The Morgan fingerprint density at radius 2 is 1.48 bits per heavy atom. The van der Waals surface area contributed by atoms with Crippen LogP contribution in [0.3, 0.4) is 0 Å². The van der Waals surface area contributed by atoms with Gasteiger partial charge < -0.3 is 0 Å². The fourth-order valence-corrected chi connectivity index (χ4v) is 3.22. The van der Waals surface area contributed by atoms with E-state index in [9.17, 15) is 0 Å². The van der Waals surface area contributed by atoms with Crippen molar-refractivity contribution in [2.24, 2.45) is 16.7 Å². The molecule has 1 aromatic heterocycles. The maximum atomic E-state index is 4.59. The molecular formula is C22H37N3. The van der Waals surface area contributed by atoms with Crippen LogP contribution in [0.4, 0.5) is 0 Å². The van der Waals surface area contributed by atoms with E-state index in [0.717, 1.165) is 29.5 Å². The highest BCUT2D eigenvalue weighted by atomic mass is 15.0. The average molecular weight is 344 g/mol. The quantitative estimate of drug-likeness (QED) is 0.543. The van der Waals surface area contributed by atoms with E-state index in [-0.39, 0.29) is 5.41 Å². The second-order valence-electron chi connectivity index (χ2n) is 8.54. The Morgan fingerprint density at radius 1 is 0.960 bits per heavy atom. The van der Waals surface area contributed by atoms with Crippen LogP contribution in [0.25, 0.3) is 5.57 Å². The zero-order valence-corrected chi connectivity index (χ0v) is 17.8. The molecular weight excluding hydrogens is 306 g/mol. The zero-order chi connectivity index (χ0) is 19.3. The van der Waals surface area contributed by atoms with E-state index in [1.807, 2.05) is 13.8 Å². The predicted molar refractivity (Wildman–Crippen MR) is 108 cm³/mol. The highest BCUT2D eigenvalue weighted by Crippen LogP contribution is 2.39. The summed E-state index contributed by atoms with van der Waals surface area (Å²) < 4.78 is 0. The number of aryl methyl sites for hydroxylation is 2. The molecule has 3 heteroatoms. The molecule has 3 nitrogen and oxygen atoms in total. The molecule has 0 spiro atoms. The summed E-state index contributed by atoms with van der Waals surface area (Å²) in [7, 11) is 0. The first kappa shape index (κ1) is 21.5. The van der Waals surface area contributed by atoms with Crippen LogP contribution >= 0.6 is 0 Å². The highest BCUT2D eigenvalue weighted by Gasteiger charge is 2.28. The van der Waals surface area contributed by atoms with Crippen LogP contribution in [0.5, 0.6) is 0 Å². The molecule has 0 amide bonds. The van der Waals surface area contributed by atoms with Gasteiger partial charge in [0, 0.05) is 5.57 Å². The highest BCUT2D eigenvalue weighted by molar-refractivity contribution is 5.69. The fraction of sp³-hybridized carbons (Fsp3) is 0.682. The van der Waals surface area contributed by atoms with E-state index in [2.05, 4.69) is 81.6 Å². The third-order valence-corrected chi connectivity index (χ3v) is 5.24. The summed E-state index contributed by atoms with van der Waals surface area (Å²) in [5.74, 6) is 2.99. The number of rotatable bonds is 7. The Labute approximate surface area is 155 Å². The maximum absolute atomic E-state index is 4.59. The van der Waals surface area contributed by atoms with Crippen molar-refractivity contribution >= 4 is 5.57 Å². The topological polar surface area (TPSA) is 38.7 Å². The Kier molecular flexibility index (Phi) is 7.52. The number of nitrogens with zero attached hydrogens (tertiary/aromatic N) is 3. The molecule has 0 aliphatic heterocycles. The van der Waals surface area contributed by atoms with E-state index >= 15 is 0 Å². The van der Waals surface area contributed by atoms with Gasteiger partial charge >= 0.3 is 0 Å². The third-order valence-electron chi connectivity index (χ3n) is 5.24. The van der Waals surface area contributed by atoms with Crippen LogP contribution in [0.1, 0.15) is 85.2 Å². The summed E-state index contributed by atoms with van der Waals surface area (Å²) in [4.78, 5) is 13.5. The SMILES string of the molecule is CCC(CC)(C/C=C(\C=C/C(C)(C)C)c1nc(C)nc(C)n1)C(C)C. The summed E-state index contributed by atoms with van der Waals surface area (Å²) in [6, 6.07) is 0. The van der Waals surface area contributed by atoms with Crippen LogP contribution < -0.4 is 0 Å². The van der Waals surface area contributed by atoms with Gasteiger partial charge in [0.2, 0.25) is 0 Å². The van der Waals surface area contributed by atoms with Gasteiger partial charge in [-0.25, -0.2) is 15.0 Å². The van der Waals surface area contributed by atoms with Crippen LogP contribution in [0.2, 0.25) is 0 Å². The Morgan fingerprint density at radius 3 is 1.88 bits per heavy atom. The summed E-state index contributed by atoms with van der Waals surface area (Å²) in [6.07, 6.45) is 10.2. The molecule has 0 saturated carbocycles. The van der Waals surface area contributed by atoms with Crippen LogP contribution in [0, 0.1) is 30.6 Å². The Bertz CT molecular complexity index is 594. The Hall–Kier alpha value is -1.51. The smallest absolute Gasteiger partial charge is 0.162 e. The lowest BCUT2D eigenvalue weighted by Gasteiger charge is -2.35. The lowest BCUT2D eigenvalue weighted by molar-refractivity contribution is 0.174. The third kappa shape index (κ3) is 6.37. The molecule has 140 valence electrons. The molecule has 0 unspecified atom stereocenters. The lowest BCUT2D eigenvalue weighted by Crippen LogP contribution is -2.25. The van der Waals surface area contributed by atoms with Gasteiger partial charge in [0.1, 0.15) is 11.6 Å². The van der Waals surface area contributed by atoms with Gasteiger partial charge in [-0.15, -0.1) is 0 Å². The van der Waals surface area contributed by atoms with Gasteiger partial charge in [0.05, 0.1) is 0 Å². The normalized spacial score (nSPS) is 13.9. The van der Waals surface area contributed by atoms with Gasteiger partial charge in [-0.3, -0.25) is 0 Å². The minimum Gasteiger partial charge on any atom is -0.219 e. The predicted octanol–water partition coefficient (Wildman–Crippen LogP) is 6.33. The van der Waals surface area contributed by atoms with E-state index in [4.69, 9.17) is 0 Å². The van der Waals surface area contributed by atoms with Crippen molar-refractivity contribution in [3.05, 3.63) is 35.7 Å². The molecule has 0 aliphatic rings. The van der Waals surface area contributed by atoms with Crippen LogP contribution in [0.15, 0.2) is 18.2 Å². The van der Waals surface area contributed by atoms with Crippen molar-refractivity contribution < 1.29 is 0 Å². The van der Waals surface area contributed by atoms with E-state index in [1.165, 1.54) is 12.8 Å². The van der Waals surface area contributed by atoms with Gasteiger partial charge in [0.15, 0.2) is 5.82 Å². The second kappa shape index (κ2) is 8.73. The minimum atomic E-state index is 0.126. The van der Waals surface area contributed by atoms with Gasteiger partial charge in [-0.05, 0) is 49.9 Å². The molecule has 0 fully saturated rings. The second-order valence-corrected chi connectivity index (χ2v) is 8.54. The molecule has 25 heavy (non-hydrogen) atoms. The number of allylic oxidation sites excluding steroid dienone is 4. The summed E-state index contributed by atoms with van der Waals surface area (Å²) >= 11 is 0. The van der Waals surface area contributed by atoms with Crippen molar-refractivity contribution in [3.63, 3.8) is 0 Å². The average Bonchev–Trinajstić information content (AvgIpc) is 2.49. The molecule has 1 rings (SSSR count). The molecule has 1 heterocycles. The molecule has 0 radical (unpaired) electrons. The van der Waals surface area contributed by atoms with E-state index in [0.29, 0.717) is 11.3 Å². The summed E-state index contributed by atoms with van der Waals surface area (Å²) in [5, 5.41) is 0.